The maximum atomic E-state index is 12.8. The van der Waals surface area contributed by atoms with Crippen molar-refractivity contribution in [2.24, 2.45) is 0 Å². The summed E-state index contributed by atoms with van der Waals surface area (Å²) in [7, 11) is 0. The normalized spacial score (nSPS) is 10.5. The summed E-state index contributed by atoms with van der Waals surface area (Å²) in [4.78, 5) is 27.5. The summed E-state index contributed by atoms with van der Waals surface area (Å²) >= 11 is 0. The minimum Gasteiger partial charge on any atom is -0.356 e. The van der Waals surface area contributed by atoms with Gasteiger partial charge in [0.2, 0.25) is 0 Å². The van der Waals surface area contributed by atoms with Crippen LogP contribution in [0.15, 0.2) is 72.8 Å². The first-order valence-electron chi connectivity index (χ1n) is 9.44. The van der Waals surface area contributed by atoms with Crippen LogP contribution in [0.2, 0.25) is 0 Å². The third-order valence-electron chi connectivity index (χ3n) is 4.82. The van der Waals surface area contributed by atoms with Gasteiger partial charge in [-0.1, -0.05) is 77.4 Å². The number of benzene rings is 3. The highest BCUT2D eigenvalue weighted by atomic mass is 16.1. The summed E-state index contributed by atoms with van der Waals surface area (Å²) in [5.41, 5.74) is 5.55. The van der Waals surface area contributed by atoms with Gasteiger partial charge in [-0.2, -0.15) is 0 Å². The Kier molecular flexibility index (Phi) is 6.05. The molecule has 3 rings (SSSR count). The van der Waals surface area contributed by atoms with Crippen molar-refractivity contribution < 1.29 is 9.59 Å². The minimum absolute atomic E-state index is 0.00252. The first-order chi connectivity index (χ1) is 13.4. The fourth-order valence-electron chi connectivity index (χ4n) is 3.00. The number of nitrogens with zero attached hydrogens (tertiary/aromatic N) is 1. The highest BCUT2D eigenvalue weighted by Gasteiger charge is 2.17. The molecule has 0 radical (unpaired) electrons. The fraction of sp³-hybridized carbons (Fsp3) is 0.200. The minimum atomic E-state index is -0.00252. The maximum Gasteiger partial charge on any atom is 0.182 e. The van der Waals surface area contributed by atoms with Crippen LogP contribution in [0.5, 0.6) is 0 Å². The van der Waals surface area contributed by atoms with Gasteiger partial charge in [-0.25, -0.2) is 0 Å². The van der Waals surface area contributed by atoms with E-state index in [1.54, 1.807) is 0 Å². The molecule has 0 aliphatic rings. The van der Waals surface area contributed by atoms with E-state index in [-0.39, 0.29) is 24.7 Å². The highest BCUT2D eigenvalue weighted by molar-refractivity contribution is 6.03. The molecule has 0 heterocycles. The summed E-state index contributed by atoms with van der Waals surface area (Å²) in [6.07, 6.45) is 0. The van der Waals surface area contributed by atoms with Gasteiger partial charge in [-0.05, 0) is 32.9 Å². The second-order valence-corrected chi connectivity index (χ2v) is 7.27. The average molecular weight is 371 g/mol. The molecule has 0 aliphatic carbocycles. The third-order valence-corrected chi connectivity index (χ3v) is 4.82. The van der Waals surface area contributed by atoms with Crippen LogP contribution in [0.3, 0.4) is 0 Å². The van der Waals surface area contributed by atoms with Crippen molar-refractivity contribution in [3.63, 3.8) is 0 Å². The Hall–Kier alpha value is -3.20. The van der Waals surface area contributed by atoms with Gasteiger partial charge in [0.15, 0.2) is 11.6 Å². The summed E-state index contributed by atoms with van der Waals surface area (Å²) in [6.45, 7) is 6.32. The number of ketones is 2. The molecule has 0 unspecified atom stereocenters. The first-order valence-corrected chi connectivity index (χ1v) is 9.44. The predicted molar refractivity (Wildman–Crippen MR) is 114 cm³/mol. The lowest BCUT2D eigenvalue weighted by Gasteiger charge is -2.24. The maximum absolute atomic E-state index is 12.8. The molecule has 142 valence electrons. The zero-order chi connectivity index (χ0) is 20.1. The van der Waals surface area contributed by atoms with E-state index in [1.807, 2.05) is 98.5 Å². The van der Waals surface area contributed by atoms with Gasteiger partial charge in [-0.15, -0.1) is 0 Å². The number of carbonyl (C=O) groups excluding carboxylic acids is 2. The van der Waals surface area contributed by atoms with Crippen molar-refractivity contribution in [1.82, 2.24) is 0 Å². The predicted octanol–water partition coefficient (Wildman–Crippen LogP) is 5.18. The molecule has 0 fully saturated rings. The lowest BCUT2D eigenvalue weighted by molar-refractivity contribution is 0.0984. The fourth-order valence-corrected chi connectivity index (χ4v) is 3.00. The molecular formula is C25H25NO2. The quantitative estimate of drug-likeness (QED) is 0.537. The first kappa shape index (κ1) is 19.6. The molecule has 0 aromatic heterocycles. The van der Waals surface area contributed by atoms with Crippen LogP contribution >= 0.6 is 0 Å². The molecule has 28 heavy (non-hydrogen) atoms. The third kappa shape index (κ3) is 4.95. The van der Waals surface area contributed by atoms with E-state index < -0.39 is 0 Å². The Morgan fingerprint density at radius 2 is 0.893 bits per heavy atom. The number of hydrogen-bond acceptors (Lipinski definition) is 3. The number of rotatable bonds is 7. The van der Waals surface area contributed by atoms with Crippen molar-refractivity contribution >= 4 is 17.3 Å². The standard InChI is InChI=1S/C25H25NO2/c1-18-4-10-21(11-5-18)24(27)16-26(23-14-8-20(3)9-15-23)17-25(28)22-12-6-19(2)7-13-22/h4-15H,16-17H2,1-3H3. The van der Waals surface area contributed by atoms with Crippen LogP contribution in [0.4, 0.5) is 5.69 Å². The largest absolute Gasteiger partial charge is 0.356 e. The second-order valence-electron chi connectivity index (χ2n) is 7.27. The van der Waals surface area contributed by atoms with Gasteiger partial charge < -0.3 is 4.90 Å². The van der Waals surface area contributed by atoms with Crippen LogP contribution in [0.1, 0.15) is 37.4 Å². The van der Waals surface area contributed by atoms with Crippen LogP contribution in [0.25, 0.3) is 0 Å². The van der Waals surface area contributed by atoms with Gasteiger partial charge in [0, 0.05) is 16.8 Å². The Bertz CT molecular complexity index is 895. The van der Waals surface area contributed by atoms with Gasteiger partial charge >= 0.3 is 0 Å². The highest BCUT2D eigenvalue weighted by Crippen LogP contribution is 2.17. The van der Waals surface area contributed by atoms with Gasteiger partial charge in [0.25, 0.3) is 0 Å². The molecular weight excluding hydrogens is 346 g/mol. The number of hydrogen-bond donors (Lipinski definition) is 0. The molecule has 3 heteroatoms. The van der Waals surface area contributed by atoms with Gasteiger partial charge in [0.1, 0.15) is 0 Å². The van der Waals surface area contributed by atoms with Gasteiger partial charge in [-0.3, -0.25) is 9.59 Å². The van der Waals surface area contributed by atoms with E-state index in [0.29, 0.717) is 11.1 Å². The molecule has 3 aromatic rings. The summed E-state index contributed by atoms with van der Waals surface area (Å²) < 4.78 is 0. The zero-order valence-electron chi connectivity index (χ0n) is 16.6. The molecule has 0 amide bonds. The van der Waals surface area contributed by atoms with Crippen molar-refractivity contribution in [1.29, 1.82) is 0 Å². The number of Topliss-reactive ketones (excluding diaryl/α,β-unsaturated/α-hetero) is 2. The van der Waals surface area contributed by atoms with Gasteiger partial charge in [0.05, 0.1) is 13.1 Å². The lowest BCUT2D eigenvalue weighted by Crippen LogP contribution is -2.34. The van der Waals surface area contributed by atoms with Crippen molar-refractivity contribution in [2.45, 2.75) is 20.8 Å². The van der Waals surface area contributed by atoms with Crippen LogP contribution in [0, 0.1) is 20.8 Å². The van der Waals surface area contributed by atoms with Crippen LogP contribution in [-0.2, 0) is 0 Å². The monoisotopic (exact) mass is 371 g/mol. The van der Waals surface area contributed by atoms with E-state index in [9.17, 15) is 9.59 Å². The molecule has 0 aliphatic heterocycles. The topological polar surface area (TPSA) is 37.4 Å². The summed E-state index contributed by atoms with van der Waals surface area (Å²) in [6, 6.07) is 23.0. The van der Waals surface area contributed by atoms with Crippen LogP contribution < -0.4 is 4.90 Å². The lowest BCUT2D eigenvalue weighted by atomic mass is 10.1. The van der Waals surface area contributed by atoms with E-state index in [2.05, 4.69) is 0 Å². The molecule has 0 bridgehead atoms. The number of aryl methyl sites for hydroxylation is 3. The number of carbonyl (C=O) groups is 2. The van der Waals surface area contributed by atoms with E-state index in [0.717, 1.165) is 22.4 Å². The average Bonchev–Trinajstić information content (AvgIpc) is 2.69. The summed E-state index contributed by atoms with van der Waals surface area (Å²) in [5.74, 6) is -0.00503. The molecule has 0 atom stereocenters. The SMILES string of the molecule is Cc1ccc(C(=O)CN(CC(=O)c2ccc(C)cc2)c2ccc(C)cc2)cc1. The molecule has 0 saturated carbocycles. The molecule has 0 N–H and O–H groups in total. The molecule has 0 spiro atoms. The summed E-state index contributed by atoms with van der Waals surface area (Å²) in [5, 5.41) is 0. The van der Waals surface area contributed by atoms with E-state index in [1.165, 1.54) is 0 Å². The second kappa shape index (κ2) is 8.66. The van der Waals surface area contributed by atoms with E-state index in [4.69, 9.17) is 0 Å². The Balaban J connectivity index is 1.83. The smallest absolute Gasteiger partial charge is 0.182 e. The zero-order valence-corrected chi connectivity index (χ0v) is 16.6. The molecule has 3 nitrogen and oxygen atoms in total. The molecule has 3 aromatic carbocycles. The molecule has 0 saturated heterocycles. The van der Waals surface area contributed by atoms with Crippen molar-refractivity contribution in [3.05, 3.63) is 101 Å². The van der Waals surface area contributed by atoms with Crippen LogP contribution in [-0.4, -0.2) is 24.7 Å². The Morgan fingerprint density at radius 1 is 0.571 bits per heavy atom. The number of anilines is 1. The van der Waals surface area contributed by atoms with E-state index >= 15 is 0 Å². The Labute approximate surface area is 166 Å². The Morgan fingerprint density at radius 3 is 1.25 bits per heavy atom. The van der Waals surface area contributed by atoms with Crippen molar-refractivity contribution in [3.8, 4) is 0 Å². The van der Waals surface area contributed by atoms with Crippen molar-refractivity contribution in [2.75, 3.05) is 18.0 Å².